The van der Waals surface area contributed by atoms with Gasteiger partial charge in [0.15, 0.2) is 0 Å². The molecular weight excluding hydrogens is 208 g/mol. The molecule has 2 nitrogen and oxygen atoms in total. The number of unbranched alkanes of at least 4 members (excludes halogenated alkanes) is 4. The van der Waals surface area contributed by atoms with E-state index in [0.717, 1.165) is 31.4 Å². The van der Waals surface area contributed by atoms with E-state index in [1.807, 2.05) is 0 Å². The van der Waals surface area contributed by atoms with Crippen LogP contribution in [-0.4, -0.2) is 22.1 Å². The van der Waals surface area contributed by atoms with Crippen molar-refractivity contribution >= 4 is 17.7 Å². The zero-order chi connectivity index (χ0) is 11.5. The zero-order valence-corrected chi connectivity index (χ0v) is 10.8. The maximum Gasteiger partial charge on any atom is 0.316 e. The van der Waals surface area contributed by atoms with Crippen LogP contribution in [-0.2, 0) is 4.79 Å². The Balaban J connectivity index is 3.53. The quantitative estimate of drug-likeness (QED) is 0.580. The predicted molar refractivity (Wildman–Crippen MR) is 67.5 cm³/mol. The number of hydrogen-bond acceptors (Lipinski definition) is 2. The molecule has 0 spiro atoms. The van der Waals surface area contributed by atoms with Gasteiger partial charge in [-0.3, -0.25) is 4.79 Å². The van der Waals surface area contributed by atoms with Crippen molar-refractivity contribution in [2.24, 2.45) is 0 Å². The number of carboxylic acids is 1. The second-order valence-electron chi connectivity index (χ2n) is 3.90. The molecule has 0 aliphatic carbocycles. The highest BCUT2D eigenvalue weighted by molar-refractivity contribution is 8.00. The van der Waals surface area contributed by atoms with Crippen molar-refractivity contribution in [3.63, 3.8) is 0 Å². The van der Waals surface area contributed by atoms with E-state index in [-0.39, 0.29) is 5.25 Å². The Morgan fingerprint density at radius 3 is 2.33 bits per heavy atom. The van der Waals surface area contributed by atoms with Gasteiger partial charge in [0.25, 0.3) is 0 Å². The average molecular weight is 232 g/mol. The lowest BCUT2D eigenvalue weighted by atomic mass is 10.2. The van der Waals surface area contributed by atoms with E-state index >= 15 is 0 Å². The standard InChI is InChI=1S/C12H24O2S/c1-3-5-7-8-10-15-11(12(13)14)9-6-4-2/h11H,3-10H2,1-2H3,(H,13,14). The van der Waals surface area contributed by atoms with Gasteiger partial charge in [0.1, 0.15) is 5.25 Å². The number of thioether (sulfide) groups is 1. The molecule has 0 aromatic rings. The van der Waals surface area contributed by atoms with E-state index in [2.05, 4.69) is 13.8 Å². The smallest absolute Gasteiger partial charge is 0.316 e. The molecule has 3 heteroatoms. The Kier molecular flexibility index (Phi) is 10.2. The first kappa shape index (κ1) is 14.8. The Labute approximate surface area is 97.8 Å². The molecule has 0 heterocycles. The Hall–Kier alpha value is -0.180. The van der Waals surface area contributed by atoms with Crippen molar-refractivity contribution < 1.29 is 9.90 Å². The van der Waals surface area contributed by atoms with E-state index in [1.165, 1.54) is 19.3 Å². The van der Waals surface area contributed by atoms with Crippen molar-refractivity contribution in [1.82, 2.24) is 0 Å². The second kappa shape index (κ2) is 10.3. The van der Waals surface area contributed by atoms with E-state index in [9.17, 15) is 4.79 Å². The third-order valence-electron chi connectivity index (χ3n) is 2.41. The normalized spacial score (nSPS) is 12.7. The molecule has 1 unspecified atom stereocenters. The highest BCUT2D eigenvalue weighted by atomic mass is 32.2. The minimum atomic E-state index is -0.635. The summed E-state index contributed by atoms with van der Waals surface area (Å²) in [5.74, 6) is 0.365. The maximum atomic E-state index is 10.9. The van der Waals surface area contributed by atoms with Gasteiger partial charge in [0.2, 0.25) is 0 Å². The molecule has 0 saturated heterocycles. The number of carbonyl (C=O) groups is 1. The lowest BCUT2D eigenvalue weighted by Crippen LogP contribution is -2.16. The van der Waals surface area contributed by atoms with E-state index in [0.29, 0.717) is 0 Å². The summed E-state index contributed by atoms with van der Waals surface area (Å²) in [4.78, 5) is 10.9. The van der Waals surface area contributed by atoms with Crippen LogP contribution in [0.25, 0.3) is 0 Å². The third-order valence-corrected chi connectivity index (χ3v) is 3.78. The fraction of sp³-hybridized carbons (Fsp3) is 0.917. The molecule has 0 bridgehead atoms. The number of hydrogen-bond donors (Lipinski definition) is 1. The second-order valence-corrected chi connectivity index (χ2v) is 5.21. The highest BCUT2D eigenvalue weighted by Crippen LogP contribution is 2.19. The van der Waals surface area contributed by atoms with Gasteiger partial charge in [-0.2, -0.15) is 0 Å². The van der Waals surface area contributed by atoms with Gasteiger partial charge < -0.3 is 5.11 Å². The molecule has 0 fully saturated rings. The highest BCUT2D eigenvalue weighted by Gasteiger charge is 2.16. The minimum absolute atomic E-state index is 0.174. The van der Waals surface area contributed by atoms with Crippen molar-refractivity contribution in [1.29, 1.82) is 0 Å². The zero-order valence-electron chi connectivity index (χ0n) is 10.00. The van der Waals surface area contributed by atoms with Crippen LogP contribution in [0, 0.1) is 0 Å². The minimum Gasteiger partial charge on any atom is -0.480 e. The largest absolute Gasteiger partial charge is 0.480 e. The van der Waals surface area contributed by atoms with E-state index in [1.54, 1.807) is 11.8 Å². The molecule has 0 rings (SSSR count). The molecule has 0 aromatic carbocycles. The summed E-state index contributed by atoms with van der Waals surface area (Å²) in [6, 6.07) is 0. The topological polar surface area (TPSA) is 37.3 Å². The molecule has 90 valence electrons. The molecular formula is C12H24O2S. The maximum absolute atomic E-state index is 10.9. The monoisotopic (exact) mass is 232 g/mol. The van der Waals surface area contributed by atoms with Crippen LogP contribution in [0.2, 0.25) is 0 Å². The van der Waals surface area contributed by atoms with E-state index in [4.69, 9.17) is 5.11 Å². The summed E-state index contributed by atoms with van der Waals surface area (Å²) in [6.45, 7) is 4.29. The van der Waals surface area contributed by atoms with Gasteiger partial charge in [-0.15, -0.1) is 11.8 Å². The van der Waals surface area contributed by atoms with Crippen LogP contribution in [0.3, 0.4) is 0 Å². The van der Waals surface area contributed by atoms with Crippen molar-refractivity contribution in [2.45, 2.75) is 64.0 Å². The van der Waals surface area contributed by atoms with Crippen LogP contribution in [0.5, 0.6) is 0 Å². The first-order valence-corrected chi connectivity index (χ1v) is 7.11. The molecule has 0 radical (unpaired) electrons. The number of carboxylic acid groups (broad SMARTS) is 1. The van der Waals surface area contributed by atoms with Crippen LogP contribution in [0.1, 0.15) is 58.8 Å². The first-order chi connectivity index (χ1) is 7.22. The van der Waals surface area contributed by atoms with E-state index < -0.39 is 5.97 Å². The van der Waals surface area contributed by atoms with Crippen molar-refractivity contribution in [3.8, 4) is 0 Å². The van der Waals surface area contributed by atoms with Gasteiger partial charge in [-0.25, -0.2) is 0 Å². The summed E-state index contributed by atoms with van der Waals surface area (Å²) in [5.41, 5.74) is 0. The molecule has 1 atom stereocenters. The van der Waals surface area contributed by atoms with Crippen LogP contribution in [0.15, 0.2) is 0 Å². The van der Waals surface area contributed by atoms with Crippen LogP contribution < -0.4 is 0 Å². The van der Waals surface area contributed by atoms with Gasteiger partial charge in [0, 0.05) is 0 Å². The van der Waals surface area contributed by atoms with Gasteiger partial charge in [-0.05, 0) is 18.6 Å². The number of aliphatic carboxylic acids is 1. The van der Waals surface area contributed by atoms with Crippen LogP contribution in [0.4, 0.5) is 0 Å². The molecule has 15 heavy (non-hydrogen) atoms. The fourth-order valence-electron chi connectivity index (χ4n) is 1.42. The number of rotatable bonds is 10. The third kappa shape index (κ3) is 8.79. The SMILES string of the molecule is CCCCCCSC(CCCC)C(=O)O. The molecule has 0 amide bonds. The van der Waals surface area contributed by atoms with Crippen LogP contribution >= 0.6 is 11.8 Å². The molecule has 0 aromatic heterocycles. The first-order valence-electron chi connectivity index (χ1n) is 6.06. The lowest BCUT2D eigenvalue weighted by Gasteiger charge is -2.10. The summed E-state index contributed by atoms with van der Waals surface area (Å²) in [5, 5.41) is 8.81. The van der Waals surface area contributed by atoms with Gasteiger partial charge in [-0.1, -0.05) is 46.0 Å². The molecule has 1 N–H and O–H groups in total. The van der Waals surface area contributed by atoms with Gasteiger partial charge in [0.05, 0.1) is 0 Å². The van der Waals surface area contributed by atoms with Crippen molar-refractivity contribution in [2.75, 3.05) is 5.75 Å². The summed E-state index contributed by atoms with van der Waals surface area (Å²) in [7, 11) is 0. The Bertz CT molecular complexity index is 160. The molecule has 0 aliphatic rings. The van der Waals surface area contributed by atoms with Crippen molar-refractivity contribution in [3.05, 3.63) is 0 Å². The Morgan fingerprint density at radius 2 is 1.80 bits per heavy atom. The molecule has 0 aliphatic heterocycles. The predicted octanol–water partition coefficient (Wildman–Crippen LogP) is 3.94. The molecule has 0 saturated carbocycles. The summed E-state index contributed by atoms with van der Waals surface area (Å²) < 4.78 is 0. The lowest BCUT2D eigenvalue weighted by molar-refractivity contribution is -0.136. The Morgan fingerprint density at radius 1 is 1.13 bits per heavy atom. The average Bonchev–Trinajstić information content (AvgIpc) is 2.21. The van der Waals surface area contributed by atoms with Gasteiger partial charge >= 0.3 is 5.97 Å². The fourth-order valence-corrected chi connectivity index (χ4v) is 2.55. The summed E-state index contributed by atoms with van der Waals surface area (Å²) >= 11 is 1.62. The summed E-state index contributed by atoms with van der Waals surface area (Å²) in [6.07, 6.45) is 7.84.